The van der Waals surface area contributed by atoms with Gasteiger partial charge in [0.05, 0.1) is 0 Å². The Morgan fingerprint density at radius 2 is 2.12 bits per heavy atom. The Morgan fingerprint density at radius 1 is 1.41 bits per heavy atom. The van der Waals surface area contributed by atoms with Crippen molar-refractivity contribution in [3.63, 3.8) is 0 Å². The zero-order chi connectivity index (χ0) is 12.6. The Balaban J connectivity index is 2.37. The molecule has 1 aromatic heterocycles. The number of alkyl halides is 3. The van der Waals surface area contributed by atoms with Crippen molar-refractivity contribution in [2.75, 3.05) is 6.54 Å². The van der Waals surface area contributed by atoms with E-state index in [1.807, 2.05) is 0 Å². The van der Waals surface area contributed by atoms with Crippen molar-refractivity contribution in [2.45, 2.75) is 13.1 Å². The Morgan fingerprint density at radius 3 is 2.65 bits per heavy atom. The molecular formula is C9H9F3N4O. The predicted octanol–water partition coefficient (Wildman–Crippen LogP) is 1.63. The molecule has 0 aliphatic carbocycles. The highest BCUT2D eigenvalue weighted by Gasteiger charge is 2.35. The highest BCUT2D eigenvalue weighted by molar-refractivity contribution is 5.87. The van der Waals surface area contributed by atoms with Crippen molar-refractivity contribution in [3.8, 4) is 0 Å². The standard InChI is InChI=1S/C9H9F3N4O/c1-6-4-7(9(10,11)12)14-16(6)8-5-15(17)3-2-13-8/h2-4,17H,5H2,1H3. The van der Waals surface area contributed by atoms with Crippen LogP contribution in [0.25, 0.3) is 0 Å². The summed E-state index contributed by atoms with van der Waals surface area (Å²) in [6.07, 6.45) is -1.90. The normalized spacial score (nSPS) is 16.3. The summed E-state index contributed by atoms with van der Waals surface area (Å²) < 4.78 is 38.4. The van der Waals surface area contributed by atoms with E-state index in [1.54, 1.807) is 0 Å². The summed E-state index contributed by atoms with van der Waals surface area (Å²) in [7, 11) is 0. The van der Waals surface area contributed by atoms with Crippen LogP contribution in [0.4, 0.5) is 13.2 Å². The molecule has 0 saturated heterocycles. The van der Waals surface area contributed by atoms with Gasteiger partial charge in [-0.1, -0.05) is 0 Å². The number of aromatic nitrogens is 2. The predicted molar refractivity (Wildman–Crippen MR) is 52.4 cm³/mol. The molecule has 2 rings (SSSR count). The largest absolute Gasteiger partial charge is 0.435 e. The molecule has 17 heavy (non-hydrogen) atoms. The Hall–Kier alpha value is -1.83. The fourth-order valence-corrected chi connectivity index (χ4v) is 1.43. The fraction of sp³-hybridized carbons (Fsp3) is 0.333. The van der Waals surface area contributed by atoms with Crippen molar-refractivity contribution in [2.24, 2.45) is 4.99 Å². The number of aryl methyl sites for hydroxylation is 1. The number of nitrogens with zero attached hydrogens (tertiary/aromatic N) is 4. The second-order valence-corrected chi connectivity index (χ2v) is 3.52. The minimum Gasteiger partial charge on any atom is -0.289 e. The second-order valence-electron chi connectivity index (χ2n) is 3.52. The van der Waals surface area contributed by atoms with Gasteiger partial charge in [-0.2, -0.15) is 18.3 Å². The maximum absolute atomic E-state index is 12.4. The van der Waals surface area contributed by atoms with Crippen LogP contribution in [0.5, 0.6) is 0 Å². The molecule has 8 heteroatoms. The van der Waals surface area contributed by atoms with Gasteiger partial charge in [-0.15, -0.1) is 0 Å². The van der Waals surface area contributed by atoms with Gasteiger partial charge < -0.3 is 0 Å². The summed E-state index contributed by atoms with van der Waals surface area (Å²) in [5.41, 5.74) is -0.670. The van der Waals surface area contributed by atoms with Gasteiger partial charge in [-0.05, 0) is 13.0 Å². The summed E-state index contributed by atoms with van der Waals surface area (Å²) in [6, 6.07) is 0.933. The van der Waals surface area contributed by atoms with Gasteiger partial charge in [0.15, 0.2) is 11.5 Å². The van der Waals surface area contributed by atoms with Crippen LogP contribution < -0.4 is 0 Å². The highest BCUT2D eigenvalue weighted by atomic mass is 19.4. The van der Waals surface area contributed by atoms with Crippen molar-refractivity contribution in [3.05, 3.63) is 29.9 Å². The lowest BCUT2D eigenvalue weighted by molar-refractivity contribution is -0.141. The molecule has 5 nitrogen and oxygen atoms in total. The third kappa shape index (κ3) is 2.31. The number of halogens is 3. The number of hydrogen-bond acceptors (Lipinski definition) is 4. The van der Waals surface area contributed by atoms with E-state index in [0.29, 0.717) is 5.69 Å². The van der Waals surface area contributed by atoms with Crippen molar-refractivity contribution in [1.29, 1.82) is 0 Å². The molecular weight excluding hydrogens is 237 g/mol. The molecule has 1 aliphatic rings. The zero-order valence-electron chi connectivity index (χ0n) is 8.81. The second kappa shape index (κ2) is 3.88. The number of rotatable bonds is 0. The van der Waals surface area contributed by atoms with Gasteiger partial charge in [0.25, 0.3) is 0 Å². The first-order chi connectivity index (χ1) is 7.88. The molecule has 0 bridgehead atoms. The van der Waals surface area contributed by atoms with Crippen molar-refractivity contribution < 1.29 is 18.4 Å². The number of hydroxylamine groups is 2. The third-order valence-corrected chi connectivity index (χ3v) is 2.19. The highest BCUT2D eigenvalue weighted by Crippen LogP contribution is 2.28. The van der Waals surface area contributed by atoms with E-state index in [9.17, 15) is 18.4 Å². The van der Waals surface area contributed by atoms with Gasteiger partial charge in [0.1, 0.15) is 6.54 Å². The summed E-state index contributed by atoms with van der Waals surface area (Å²) in [6.45, 7) is 1.47. The van der Waals surface area contributed by atoms with Crippen LogP contribution in [-0.2, 0) is 6.18 Å². The van der Waals surface area contributed by atoms with E-state index in [2.05, 4.69) is 10.1 Å². The molecule has 1 aliphatic heterocycles. The molecule has 0 atom stereocenters. The van der Waals surface area contributed by atoms with Gasteiger partial charge in [-0.3, -0.25) is 10.3 Å². The lowest BCUT2D eigenvalue weighted by Gasteiger charge is -2.17. The molecule has 0 amide bonds. The fourth-order valence-electron chi connectivity index (χ4n) is 1.43. The Labute approximate surface area is 94.4 Å². The van der Waals surface area contributed by atoms with Crippen molar-refractivity contribution in [1.82, 2.24) is 14.8 Å². The summed E-state index contributed by atoms with van der Waals surface area (Å²) in [5.74, 6) is 0.225. The molecule has 1 N–H and O–H groups in total. The van der Waals surface area contributed by atoms with Crippen LogP contribution in [-0.4, -0.2) is 32.4 Å². The molecule has 92 valence electrons. The molecule has 1 aromatic rings. The zero-order valence-corrected chi connectivity index (χ0v) is 8.81. The third-order valence-electron chi connectivity index (χ3n) is 2.19. The summed E-state index contributed by atoms with van der Waals surface area (Å²) in [5, 5.41) is 13.4. The van der Waals surface area contributed by atoms with Crippen LogP contribution in [0.1, 0.15) is 11.4 Å². The topological polar surface area (TPSA) is 53.7 Å². The van der Waals surface area contributed by atoms with Gasteiger partial charge in [0, 0.05) is 18.1 Å². The van der Waals surface area contributed by atoms with E-state index in [-0.39, 0.29) is 12.4 Å². The number of aliphatic imine (C=N–C) groups is 1. The van der Waals surface area contributed by atoms with Crippen LogP contribution >= 0.6 is 0 Å². The van der Waals surface area contributed by atoms with Crippen LogP contribution in [0.3, 0.4) is 0 Å². The smallest absolute Gasteiger partial charge is 0.289 e. The quantitative estimate of drug-likeness (QED) is 0.757. The van der Waals surface area contributed by atoms with E-state index in [0.717, 1.165) is 15.8 Å². The maximum atomic E-state index is 12.4. The minimum absolute atomic E-state index is 0.0175. The number of hydrogen-bond donors (Lipinski definition) is 1. The van der Waals surface area contributed by atoms with Crippen LogP contribution in [0, 0.1) is 6.92 Å². The van der Waals surface area contributed by atoms with Gasteiger partial charge >= 0.3 is 6.18 Å². The maximum Gasteiger partial charge on any atom is 0.435 e. The SMILES string of the molecule is Cc1cc(C(F)(F)F)nn1C1=NC=CN(O)C1. The van der Waals surface area contributed by atoms with Gasteiger partial charge in [0.2, 0.25) is 0 Å². The van der Waals surface area contributed by atoms with Crippen molar-refractivity contribution >= 4 is 5.84 Å². The first kappa shape index (κ1) is 11.6. The van der Waals surface area contributed by atoms with E-state index < -0.39 is 11.9 Å². The van der Waals surface area contributed by atoms with E-state index in [4.69, 9.17) is 0 Å². The summed E-state index contributed by atoms with van der Waals surface area (Å²) in [4.78, 5) is 3.87. The minimum atomic E-state index is -4.49. The molecule has 2 heterocycles. The summed E-state index contributed by atoms with van der Waals surface area (Å²) >= 11 is 0. The average Bonchev–Trinajstić information content (AvgIpc) is 2.60. The molecule has 0 aromatic carbocycles. The average molecular weight is 246 g/mol. The first-order valence-corrected chi connectivity index (χ1v) is 4.71. The van der Waals surface area contributed by atoms with E-state index >= 15 is 0 Å². The lowest BCUT2D eigenvalue weighted by Crippen LogP contribution is -2.30. The first-order valence-electron chi connectivity index (χ1n) is 4.71. The van der Waals surface area contributed by atoms with Crippen LogP contribution in [0.15, 0.2) is 23.5 Å². The Bertz CT molecular complexity index is 489. The molecule has 0 radical (unpaired) electrons. The Kier molecular flexibility index (Phi) is 2.66. The van der Waals surface area contributed by atoms with Gasteiger partial charge in [-0.25, -0.2) is 9.67 Å². The molecule has 0 saturated carbocycles. The lowest BCUT2D eigenvalue weighted by atomic mass is 10.3. The molecule has 0 fully saturated rings. The van der Waals surface area contributed by atoms with Crippen LogP contribution in [0.2, 0.25) is 0 Å². The molecule has 0 spiro atoms. The molecule has 0 unspecified atom stereocenters. The van der Waals surface area contributed by atoms with E-state index in [1.165, 1.54) is 19.3 Å². The monoisotopic (exact) mass is 246 g/mol.